The van der Waals surface area contributed by atoms with E-state index in [2.05, 4.69) is 16.7 Å². The van der Waals surface area contributed by atoms with Gasteiger partial charge in [-0.1, -0.05) is 18.7 Å². The van der Waals surface area contributed by atoms with Gasteiger partial charge in [0.05, 0.1) is 21.2 Å². The molecule has 0 saturated heterocycles. The average Bonchev–Trinajstić information content (AvgIpc) is 3.40. The van der Waals surface area contributed by atoms with Crippen molar-refractivity contribution >= 4 is 26.7 Å². The molecule has 0 N–H and O–H groups in total. The van der Waals surface area contributed by atoms with Crippen molar-refractivity contribution in [3.8, 4) is 26.8 Å². The van der Waals surface area contributed by atoms with Gasteiger partial charge in [-0.25, -0.2) is 18.1 Å². The molecule has 4 rings (SSSR count). The number of rotatable bonds is 5. The number of thiophene rings is 1. The zero-order valence-corrected chi connectivity index (χ0v) is 19.2. The summed E-state index contributed by atoms with van der Waals surface area (Å²) in [5.41, 5.74) is 1.25. The summed E-state index contributed by atoms with van der Waals surface area (Å²) in [6.07, 6.45) is -2.19. The lowest BCUT2D eigenvalue weighted by Gasteiger charge is -2.13. The van der Waals surface area contributed by atoms with Gasteiger partial charge in [-0.15, -0.1) is 11.3 Å². The molecule has 0 bridgehead atoms. The van der Waals surface area contributed by atoms with Gasteiger partial charge < -0.3 is 0 Å². The van der Waals surface area contributed by atoms with Gasteiger partial charge in [-0.2, -0.15) is 18.3 Å². The minimum atomic E-state index is -4.61. The van der Waals surface area contributed by atoms with E-state index in [0.717, 1.165) is 17.2 Å². The number of halogens is 3. The maximum atomic E-state index is 13.6. The number of alkyl halides is 3. The Morgan fingerprint density at radius 2 is 1.79 bits per heavy atom. The molecule has 0 spiro atoms. The summed E-state index contributed by atoms with van der Waals surface area (Å²) < 4.78 is 65.9. The van der Waals surface area contributed by atoms with Gasteiger partial charge in [-0.05, 0) is 60.5 Å². The van der Waals surface area contributed by atoms with Crippen LogP contribution < -0.4 is 0 Å². The minimum absolute atomic E-state index is 0.188. The molecule has 0 unspecified atom stereocenters. The quantitative estimate of drug-likeness (QED) is 0.339. The highest BCUT2D eigenvalue weighted by Gasteiger charge is 2.35. The highest BCUT2D eigenvalue weighted by molar-refractivity contribution is 7.90. The molecule has 1 aromatic carbocycles. The lowest BCUT2D eigenvalue weighted by molar-refractivity contribution is -0.137. The smallest absolute Gasteiger partial charge is 0.237 e. The summed E-state index contributed by atoms with van der Waals surface area (Å²) in [6, 6.07) is 13.9. The monoisotopic (exact) mass is 489 g/mol. The van der Waals surface area contributed by atoms with E-state index < -0.39 is 21.6 Å². The molecule has 0 saturated carbocycles. The van der Waals surface area contributed by atoms with Crippen LogP contribution in [0.25, 0.3) is 32.4 Å². The van der Waals surface area contributed by atoms with Crippen LogP contribution in [0.4, 0.5) is 13.2 Å². The molecule has 3 heterocycles. The highest BCUT2D eigenvalue weighted by Crippen LogP contribution is 2.39. The first-order chi connectivity index (χ1) is 15.4. The number of hydrogen-bond donors (Lipinski definition) is 0. The number of aromatic nitrogens is 3. The Hall–Kier alpha value is -3.24. The van der Waals surface area contributed by atoms with Crippen LogP contribution in [-0.2, 0) is 16.0 Å². The molecular formula is C23H18F3N3O2S2. The van der Waals surface area contributed by atoms with E-state index in [-0.39, 0.29) is 10.7 Å². The van der Waals surface area contributed by atoms with Gasteiger partial charge in [0.1, 0.15) is 5.56 Å². The van der Waals surface area contributed by atoms with E-state index >= 15 is 0 Å². The van der Waals surface area contributed by atoms with E-state index in [1.165, 1.54) is 34.3 Å². The number of hydrogen-bond acceptors (Lipinski definition) is 5. The van der Waals surface area contributed by atoms with Gasteiger partial charge in [0.25, 0.3) is 0 Å². The average molecular weight is 490 g/mol. The number of benzene rings is 1. The van der Waals surface area contributed by atoms with Crippen molar-refractivity contribution in [1.82, 2.24) is 14.8 Å². The van der Waals surface area contributed by atoms with Crippen LogP contribution in [0.5, 0.6) is 0 Å². The van der Waals surface area contributed by atoms with Gasteiger partial charge in [0, 0.05) is 17.3 Å². The first-order valence-corrected chi connectivity index (χ1v) is 12.3. The fourth-order valence-corrected chi connectivity index (χ4v) is 4.90. The van der Waals surface area contributed by atoms with Gasteiger partial charge in [0.15, 0.2) is 15.7 Å². The third-order valence-electron chi connectivity index (χ3n) is 4.84. The largest absolute Gasteiger partial charge is 0.420 e. The SMILES string of the molecule is C=C(C)c1cc(-c2ccc(-c3cccc(S(C)(=O)=O)c3)s2)n(-c2ncccc2C(F)(F)F)n1. The van der Waals surface area contributed by atoms with Crippen molar-refractivity contribution < 1.29 is 21.6 Å². The lowest BCUT2D eigenvalue weighted by atomic mass is 10.2. The molecule has 10 heteroatoms. The van der Waals surface area contributed by atoms with Gasteiger partial charge in [-0.3, -0.25) is 0 Å². The summed E-state index contributed by atoms with van der Waals surface area (Å²) in [7, 11) is -3.38. The summed E-state index contributed by atoms with van der Waals surface area (Å²) >= 11 is 1.31. The Morgan fingerprint density at radius 1 is 1.06 bits per heavy atom. The molecule has 0 fully saturated rings. The first-order valence-electron chi connectivity index (χ1n) is 9.64. The molecule has 170 valence electrons. The van der Waals surface area contributed by atoms with Crippen LogP contribution in [-0.4, -0.2) is 29.4 Å². The summed E-state index contributed by atoms with van der Waals surface area (Å²) in [5.74, 6) is -0.332. The number of pyridine rings is 1. The van der Waals surface area contributed by atoms with Gasteiger partial charge in [0.2, 0.25) is 0 Å². The second-order valence-electron chi connectivity index (χ2n) is 7.44. The van der Waals surface area contributed by atoms with E-state index in [9.17, 15) is 21.6 Å². The number of nitrogens with zero attached hydrogens (tertiary/aromatic N) is 3. The van der Waals surface area contributed by atoms with E-state index in [1.54, 1.807) is 43.3 Å². The Labute approximate surface area is 192 Å². The topological polar surface area (TPSA) is 64.8 Å². The summed E-state index contributed by atoms with van der Waals surface area (Å²) in [5, 5.41) is 4.34. The minimum Gasteiger partial charge on any atom is -0.237 e. The molecule has 0 amide bonds. The van der Waals surface area contributed by atoms with Crippen molar-refractivity contribution in [2.75, 3.05) is 6.26 Å². The fraction of sp³-hybridized carbons (Fsp3) is 0.130. The second kappa shape index (κ2) is 8.27. The zero-order valence-electron chi connectivity index (χ0n) is 17.6. The zero-order chi connectivity index (χ0) is 24.0. The maximum absolute atomic E-state index is 13.6. The fourth-order valence-electron chi connectivity index (χ4n) is 3.22. The highest BCUT2D eigenvalue weighted by atomic mass is 32.2. The van der Waals surface area contributed by atoms with Crippen molar-refractivity contribution in [3.05, 3.63) is 78.6 Å². The standard InChI is InChI=1S/C23H18F3N3O2S2/c1-14(2)18-13-19(29(28-18)22-17(23(24,25)26)8-5-11-27-22)21-10-9-20(32-21)15-6-4-7-16(12-15)33(3,30)31/h4-13H,1H2,2-3H3. The molecule has 0 aliphatic rings. The molecule has 0 radical (unpaired) electrons. The molecule has 33 heavy (non-hydrogen) atoms. The van der Waals surface area contributed by atoms with Crippen LogP contribution in [0.15, 0.2) is 72.3 Å². The normalized spacial score (nSPS) is 12.2. The van der Waals surface area contributed by atoms with Crippen LogP contribution in [0.2, 0.25) is 0 Å². The Bertz CT molecular complexity index is 1470. The van der Waals surface area contributed by atoms with Crippen molar-refractivity contribution in [3.63, 3.8) is 0 Å². The van der Waals surface area contributed by atoms with Crippen molar-refractivity contribution in [2.45, 2.75) is 18.0 Å². The predicted octanol–water partition coefficient (Wildman–Crippen LogP) is 6.12. The van der Waals surface area contributed by atoms with Crippen LogP contribution in [0.3, 0.4) is 0 Å². The van der Waals surface area contributed by atoms with Crippen LogP contribution in [0, 0.1) is 0 Å². The molecular weight excluding hydrogens is 471 g/mol. The maximum Gasteiger partial charge on any atom is 0.420 e. The predicted molar refractivity (Wildman–Crippen MR) is 123 cm³/mol. The second-order valence-corrected chi connectivity index (χ2v) is 10.5. The third kappa shape index (κ3) is 4.62. The third-order valence-corrected chi connectivity index (χ3v) is 7.11. The Morgan fingerprint density at radius 3 is 2.45 bits per heavy atom. The lowest BCUT2D eigenvalue weighted by Crippen LogP contribution is -2.13. The van der Waals surface area contributed by atoms with Crippen molar-refractivity contribution in [1.29, 1.82) is 0 Å². The molecule has 0 atom stereocenters. The Kier molecular flexibility index (Phi) is 5.75. The first kappa shape index (κ1) is 22.9. The molecule has 5 nitrogen and oxygen atoms in total. The molecule has 0 aliphatic heterocycles. The van der Waals surface area contributed by atoms with Gasteiger partial charge >= 0.3 is 6.18 Å². The van der Waals surface area contributed by atoms with E-state index in [4.69, 9.17) is 0 Å². The van der Waals surface area contributed by atoms with Crippen molar-refractivity contribution in [2.24, 2.45) is 0 Å². The van der Waals surface area contributed by atoms with Crippen LogP contribution >= 0.6 is 11.3 Å². The summed E-state index contributed by atoms with van der Waals surface area (Å²) in [4.78, 5) is 5.56. The summed E-state index contributed by atoms with van der Waals surface area (Å²) in [6.45, 7) is 5.57. The number of allylic oxidation sites excluding steroid dienone is 1. The van der Waals surface area contributed by atoms with E-state index in [1.807, 2.05) is 0 Å². The Balaban J connectivity index is 1.86. The molecule has 4 aromatic rings. The van der Waals surface area contributed by atoms with Crippen LogP contribution in [0.1, 0.15) is 18.2 Å². The number of sulfone groups is 1. The van der Waals surface area contributed by atoms with E-state index in [0.29, 0.717) is 27.4 Å². The molecule has 3 aromatic heterocycles. The molecule has 0 aliphatic carbocycles.